The van der Waals surface area contributed by atoms with E-state index in [4.69, 9.17) is 4.42 Å². The van der Waals surface area contributed by atoms with Crippen molar-refractivity contribution < 1.29 is 9.21 Å². The number of nitrogens with zero attached hydrogens (tertiary/aromatic N) is 2. The number of aromatic nitrogens is 1. The van der Waals surface area contributed by atoms with E-state index >= 15 is 0 Å². The third kappa shape index (κ3) is 3.42. The van der Waals surface area contributed by atoms with Crippen LogP contribution in [0.1, 0.15) is 36.2 Å². The summed E-state index contributed by atoms with van der Waals surface area (Å²) in [4.78, 5) is 18.5. The fraction of sp³-hybridized carbons (Fsp3) is 0.375. The maximum Gasteiger partial charge on any atom is 0.292 e. The molecule has 0 aromatic carbocycles. The van der Waals surface area contributed by atoms with Gasteiger partial charge in [0.05, 0.1) is 18.1 Å². The first kappa shape index (κ1) is 13.7. The number of carbonyl (C=O) groups is 1. The third-order valence-corrected chi connectivity index (χ3v) is 3.71. The number of carbonyl (C=O) groups excluding carboxylic acids is 1. The number of hydrogen-bond acceptors (Lipinski definition) is 4. The molecule has 5 heteroatoms. The van der Waals surface area contributed by atoms with Gasteiger partial charge in [-0.25, -0.2) is 4.98 Å². The standard InChI is InChI=1S/C16H19N3O2/c20-16(14-6-5-11-21-14)18-15-8-7-13(12-17-15)19-9-3-1-2-4-10-19/h5-8,11-12H,1-4,9-10H2,(H,17,18,20). The lowest BCUT2D eigenvalue weighted by Crippen LogP contribution is -2.24. The predicted molar refractivity (Wildman–Crippen MR) is 81.6 cm³/mol. The number of nitrogens with one attached hydrogen (secondary N) is 1. The summed E-state index contributed by atoms with van der Waals surface area (Å²) in [7, 11) is 0. The molecule has 5 nitrogen and oxygen atoms in total. The number of furan rings is 1. The zero-order valence-electron chi connectivity index (χ0n) is 11.9. The van der Waals surface area contributed by atoms with Crippen molar-refractivity contribution in [2.75, 3.05) is 23.3 Å². The maximum atomic E-state index is 11.9. The van der Waals surface area contributed by atoms with Gasteiger partial charge >= 0.3 is 0 Å². The maximum absolute atomic E-state index is 11.9. The third-order valence-electron chi connectivity index (χ3n) is 3.71. The van der Waals surface area contributed by atoms with E-state index in [9.17, 15) is 4.79 Å². The van der Waals surface area contributed by atoms with E-state index in [-0.39, 0.29) is 11.7 Å². The highest BCUT2D eigenvalue weighted by atomic mass is 16.3. The Morgan fingerprint density at radius 2 is 1.95 bits per heavy atom. The van der Waals surface area contributed by atoms with Crippen LogP contribution in [0.5, 0.6) is 0 Å². The minimum Gasteiger partial charge on any atom is -0.459 e. The molecule has 1 fully saturated rings. The molecule has 0 aliphatic carbocycles. The molecule has 0 atom stereocenters. The number of rotatable bonds is 3. The molecule has 0 spiro atoms. The molecule has 110 valence electrons. The largest absolute Gasteiger partial charge is 0.459 e. The van der Waals surface area contributed by atoms with Crippen LogP contribution < -0.4 is 10.2 Å². The lowest BCUT2D eigenvalue weighted by Gasteiger charge is -2.22. The molecule has 0 radical (unpaired) electrons. The second-order valence-corrected chi connectivity index (χ2v) is 5.23. The molecule has 3 rings (SSSR count). The summed E-state index contributed by atoms with van der Waals surface area (Å²) in [5.41, 5.74) is 1.12. The highest BCUT2D eigenvalue weighted by molar-refractivity contribution is 6.01. The highest BCUT2D eigenvalue weighted by Crippen LogP contribution is 2.20. The second-order valence-electron chi connectivity index (χ2n) is 5.23. The topological polar surface area (TPSA) is 58.4 Å². The van der Waals surface area contributed by atoms with Crippen LogP contribution in [-0.4, -0.2) is 24.0 Å². The summed E-state index contributed by atoms with van der Waals surface area (Å²) < 4.78 is 5.05. The molecular formula is C16H19N3O2. The lowest BCUT2D eigenvalue weighted by atomic mass is 10.2. The van der Waals surface area contributed by atoms with Crippen molar-refractivity contribution in [3.05, 3.63) is 42.5 Å². The van der Waals surface area contributed by atoms with E-state index in [1.807, 2.05) is 18.3 Å². The van der Waals surface area contributed by atoms with E-state index in [0.29, 0.717) is 5.82 Å². The van der Waals surface area contributed by atoms with Gasteiger partial charge in [0.1, 0.15) is 5.82 Å². The summed E-state index contributed by atoms with van der Waals surface area (Å²) >= 11 is 0. The van der Waals surface area contributed by atoms with Crippen LogP contribution in [0.25, 0.3) is 0 Å². The summed E-state index contributed by atoms with van der Waals surface area (Å²) in [5.74, 6) is 0.540. The minimum atomic E-state index is -0.282. The first-order chi connectivity index (χ1) is 10.3. The van der Waals surface area contributed by atoms with Gasteiger partial charge < -0.3 is 14.6 Å². The number of anilines is 2. The van der Waals surface area contributed by atoms with Crippen molar-refractivity contribution >= 4 is 17.4 Å². The SMILES string of the molecule is O=C(Nc1ccc(N2CCCCCC2)cn1)c1ccco1. The second kappa shape index (κ2) is 6.43. The molecule has 1 saturated heterocycles. The van der Waals surface area contributed by atoms with Gasteiger partial charge in [0, 0.05) is 13.1 Å². The quantitative estimate of drug-likeness (QED) is 0.940. The van der Waals surface area contributed by atoms with Crippen LogP contribution in [-0.2, 0) is 0 Å². The van der Waals surface area contributed by atoms with Crippen molar-refractivity contribution in [3.8, 4) is 0 Å². The Morgan fingerprint density at radius 3 is 2.57 bits per heavy atom. The highest BCUT2D eigenvalue weighted by Gasteiger charge is 2.12. The molecule has 3 heterocycles. The molecule has 0 unspecified atom stereocenters. The van der Waals surface area contributed by atoms with Crippen molar-refractivity contribution in [1.82, 2.24) is 4.98 Å². The van der Waals surface area contributed by atoms with Gasteiger partial charge in [-0.1, -0.05) is 12.8 Å². The first-order valence-electron chi connectivity index (χ1n) is 7.39. The monoisotopic (exact) mass is 285 g/mol. The van der Waals surface area contributed by atoms with E-state index in [0.717, 1.165) is 18.8 Å². The number of amides is 1. The van der Waals surface area contributed by atoms with Crippen molar-refractivity contribution in [1.29, 1.82) is 0 Å². The van der Waals surface area contributed by atoms with Gasteiger partial charge in [-0.3, -0.25) is 4.79 Å². The smallest absolute Gasteiger partial charge is 0.292 e. The van der Waals surface area contributed by atoms with E-state index in [1.165, 1.54) is 31.9 Å². The van der Waals surface area contributed by atoms with Gasteiger partial charge in [0.25, 0.3) is 5.91 Å². The van der Waals surface area contributed by atoms with Gasteiger partial charge in [0.2, 0.25) is 0 Å². The molecule has 1 aliphatic heterocycles. The minimum absolute atomic E-state index is 0.282. The van der Waals surface area contributed by atoms with Gasteiger partial charge in [-0.05, 0) is 37.1 Å². The fourth-order valence-electron chi connectivity index (χ4n) is 2.56. The van der Waals surface area contributed by atoms with Crippen LogP contribution in [0, 0.1) is 0 Å². The van der Waals surface area contributed by atoms with Crippen LogP contribution in [0.15, 0.2) is 41.1 Å². The van der Waals surface area contributed by atoms with E-state index in [1.54, 1.807) is 12.1 Å². The van der Waals surface area contributed by atoms with Crippen LogP contribution in [0.3, 0.4) is 0 Å². The van der Waals surface area contributed by atoms with Crippen molar-refractivity contribution in [2.45, 2.75) is 25.7 Å². The molecule has 1 amide bonds. The normalized spacial score (nSPS) is 15.5. The summed E-state index contributed by atoms with van der Waals surface area (Å²) in [6, 6.07) is 7.16. The molecular weight excluding hydrogens is 266 g/mol. The average molecular weight is 285 g/mol. The van der Waals surface area contributed by atoms with E-state index < -0.39 is 0 Å². The summed E-state index contributed by atoms with van der Waals surface area (Å²) in [6.45, 7) is 2.17. The summed E-state index contributed by atoms with van der Waals surface area (Å²) in [6.07, 6.45) is 8.38. The molecule has 0 bridgehead atoms. The van der Waals surface area contributed by atoms with Crippen LogP contribution in [0.2, 0.25) is 0 Å². The van der Waals surface area contributed by atoms with Crippen LogP contribution >= 0.6 is 0 Å². The first-order valence-corrected chi connectivity index (χ1v) is 7.39. The average Bonchev–Trinajstić information content (AvgIpc) is 2.91. The molecule has 2 aromatic rings. The Hall–Kier alpha value is -2.30. The number of hydrogen-bond donors (Lipinski definition) is 1. The molecule has 1 N–H and O–H groups in total. The molecule has 0 saturated carbocycles. The van der Waals surface area contributed by atoms with Gasteiger partial charge in [0.15, 0.2) is 5.76 Å². The molecule has 1 aliphatic rings. The Kier molecular flexibility index (Phi) is 4.19. The number of pyridine rings is 1. The van der Waals surface area contributed by atoms with Crippen molar-refractivity contribution in [2.24, 2.45) is 0 Å². The van der Waals surface area contributed by atoms with Crippen LogP contribution in [0.4, 0.5) is 11.5 Å². The fourth-order valence-corrected chi connectivity index (χ4v) is 2.56. The zero-order chi connectivity index (χ0) is 14.5. The zero-order valence-corrected chi connectivity index (χ0v) is 11.9. The molecule has 21 heavy (non-hydrogen) atoms. The van der Waals surface area contributed by atoms with Gasteiger partial charge in [-0.2, -0.15) is 0 Å². The van der Waals surface area contributed by atoms with Gasteiger partial charge in [-0.15, -0.1) is 0 Å². The Labute approximate surface area is 124 Å². The Balaban J connectivity index is 1.65. The molecule has 2 aromatic heterocycles. The Morgan fingerprint density at radius 1 is 1.14 bits per heavy atom. The van der Waals surface area contributed by atoms with Crippen molar-refractivity contribution in [3.63, 3.8) is 0 Å². The summed E-state index contributed by atoms with van der Waals surface area (Å²) in [5, 5.41) is 2.72. The lowest BCUT2D eigenvalue weighted by molar-refractivity contribution is 0.0996. The van der Waals surface area contributed by atoms with E-state index in [2.05, 4.69) is 15.2 Å². The predicted octanol–water partition coefficient (Wildman–Crippen LogP) is 3.31. The Bertz CT molecular complexity index is 570.